The zero-order valence-electron chi connectivity index (χ0n) is 12.2. The van der Waals surface area contributed by atoms with E-state index in [0.717, 1.165) is 0 Å². The van der Waals surface area contributed by atoms with Gasteiger partial charge in [0, 0.05) is 18.8 Å². The minimum atomic E-state index is -0.445. The van der Waals surface area contributed by atoms with E-state index in [-0.39, 0.29) is 12.5 Å². The van der Waals surface area contributed by atoms with E-state index in [0.29, 0.717) is 24.3 Å². The van der Waals surface area contributed by atoms with E-state index >= 15 is 0 Å². The molecule has 1 amide bonds. The first kappa shape index (κ1) is 16.5. The molecule has 1 aromatic carbocycles. The predicted octanol–water partition coefficient (Wildman–Crippen LogP) is 2.09. The minimum Gasteiger partial charge on any atom is -0.465 e. The summed E-state index contributed by atoms with van der Waals surface area (Å²) >= 11 is 0. The van der Waals surface area contributed by atoms with Gasteiger partial charge in [-0.3, -0.25) is 4.79 Å². The quantitative estimate of drug-likeness (QED) is 0.588. The van der Waals surface area contributed by atoms with Gasteiger partial charge in [-0.2, -0.15) is 0 Å². The maximum absolute atomic E-state index is 12.1. The molecule has 5 heteroatoms. The van der Waals surface area contributed by atoms with Crippen molar-refractivity contribution in [3.8, 4) is 0 Å². The van der Waals surface area contributed by atoms with Crippen molar-refractivity contribution in [3.63, 3.8) is 0 Å². The molecule has 0 aliphatic rings. The Bertz CT molecular complexity index is 516. The van der Waals surface area contributed by atoms with Crippen molar-refractivity contribution >= 4 is 17.6 Å². The second-order valence-electron chi connectivity index (χ2n) is 4.27. The first-order chi connectivity index (χ1) is 10.1. The SMILES string of the molecule is C=CCN(CC=C)C(=O)CNc1ccccc1C(=O)OC. The molecule has 0 fully saturated rings. The van der Waals surface area contributed by atoms with Crippen LogP contribution in [0.15, 0.2) is 49.6 Å². The van der Waals surface area contributed by atoms with Crippen molar-refractivity contribution < 1.29 is 14.3 Å². The van der Waals surface area contributed by atoms with E-state index in [4.69, 9.17) is 4.74 Å². The zero-order valence-corrected chi connectivity index (χ0v) is 12.2. The maximum Gasteiger partial charge on any atom is 0.339 e. The fourth-order valence-corrected chi connectivity index (χ4v) is 1.80. The van der Waals surface area contributed by atoms with E-state index in [1.54, 1.807) is 41.3 Å². The summed E-state index contributed by atoms with van der Waals surface area (Å²) < 4.78 is 4.71. The minimum absolute atomic E-state index is 0.0791. The molecule has 0 saturated heterocycles. The third kappa shape index (κ3) is 4.80. The van der Waals surface area contributed by atoms with Crippen LogP contribution in [0.3, 0.4) is 0 Å². The average Bonchev–Trinajstić information content (AvgIpc) is 2.52. The number of hydrogen-bond donors (Lipinski definition) is 1. The standard InChI is InChI=1S/C16H20N2O3/c1-4-10-18(11-5-2)15(19)12-17-14-9-7-6-8-13(14)16(20)21-3/h4-9,17H,1-2,10-12H2,3H3. The number of methoxy groups -OCH3 is 1. The molecule has 1 N–H and O–H groups in total. The van der Waals surface area contributed by atoms with Gasteiger partial charge in [0.05, 0.1) is 19.2 Å². The number of carbonyl (C=O) groups is 2. The van der Waals surface area contributed by atoms with E-state index in [2.05, 4.69) is 18.5 Å². The number of ether oxygens (including phenoxy) is 1. The van der Waals surface area contributed by atoms with Gasteiger partial charge in [0.25, 0.3) is 0 Å². The van der Waals surface area contributed by atoms with Gasteiger partial charge in [-0.15, -0.1) is 13.2 Å². The molecule has 0 unspecified atom stereocenters. The summed E-state index contributed by atoms with van der Waals surface area (Å²) in [7, 11) is 1.32. The largest absolute Gasteiger partial charge is 0.465 e. The fourth-order valence-electron chi connectivity index (χ4n) is 1.80. The molecule has 0 atom stereocenters. The molecule has 1 rings (SSSR count). The number of esters is 1. The zero-order chi connectivity index (χ0) is 15.7. The molecule has 0 heterocycles. The Kier molecular flexibility index (Phi) is 6.74. The summed E-state index contributed by atoms with van der Waals surface area (Å²) in [6.45, 7) is 8.22. The Balaban J connectivity index is 2.74. The summed E-state index contributed by atoms with van der Waals surface area (Å²) in [4.78, 5) is 25.3. The van der Waals surface area contributed by atoms with Crippen molar-refractivity contribution in [2.45, 2.75) is 0 Å². The van der Waals surface area contributed by atoms with Crippen LogP contribution in [-0.4, -0.2) is 43.5 Å². The van der Waals surface area contributed by atoms with Crippen LogP contribution in [0, 0.1) is 0 Å². The summed E-state index contributed by atoms with van der Waals surface area (Å²) in [5.74, 6) is -0.547. The summed E-state index contributed by atoms with van der Waals surface area (Å²) in [6, 6.07) is 6.89. The molecule has 0 bridgehead atoms. The lowest BCUT2D eigenvalue weighted by atomic mass is 10.2. The van der Waals surface area contributed by atoms with E-state index < -0.39 is 5.97 Å². The van der Waals surface area contributed by atoms with Crippen LogP contribution in [0.25, 0.3) is 0 Å². The Morgan fingerprint density at radius 3 is 2.43 bits per heavy atom. The van der Waals surface area contributed by atoms with Gasteiger partial charge in [0.2, 0.25) is 5.91 Å². The molecule has 0 saturated carbocycles. The number of nitrogens with one attached hydrogen (secondary N) is 1. The lowest BCUT2D eigenvalue weighted by Gasteiger charge is -2.20. The van der Waals surface area contributed by atoms with Crippen LogP contribution in [0.1, 0.15) is 10.4 Å². The van der Waals surface area contributed by atoms with E-state index in [9.17, 15) is 9.59 Å². The lowest BCUT2D eigenvalue weighted by Crippen LogP contribution is -2.36. The topological polar surface area (TPSA) is 58.6 Å². The highest BCUT2D eigenvalue weighted by Crippen LogP contribution is 2.15. The van der Waals surface area contributed by atoms with Crippen LogP contribution >= 0.6 is 0 Å². The normalized spacial score (nSPS) is 9.57. The van der Waals surface area contributed by atoms with E-state index in [1.165, 1.54) is 7.11 Å². The third-order valence-electron chi connectivity index (χ3n) is 2.81. The second kappa shape index (κ2) is 8.58. The highest BCUT2D eigenvalue weighted by molar-refractivity contribution is 5.96. The van der Waals surface area contributed by atoms with Crippen LogP contribution in [0.4, 0.5) is 5.69 Å². The average molecular weight is 288 g/mol. The van der Waals surface area contributed by atoms with Gasteiger partial charge in [-0.05, 0) is 12.1 Å². The molecule has 0 aliphatic carbocycles. The Morgan fingerprint density at radius 2 is 1.86 bits per heavy atom. The van der Waals surface area contributed by atoms with Crippen molar-refractivity contribution in [2.75, 3.05) is 32.1 Å². The van der Waals surface area contributed by atoms with Crippen LogP contribution in [0.2, 0.25) is 0 Å². The van der Waals surface area contributed by atoms with Crippen molar-refractivity contribution in [3.05, 3.63) is 55.1 Å². The molecule has 0 aromatic heterocycles. The lowest BCUT2D eigenvalue weighted by molar-refractivity contribution is -0.128. The first-order valence-corrected chi connectivity index (χ1v) is 6.54. The molecular weight excluding hydrogens is 268 g/mol. The fraction of sp³-hybridized carbons (Fsp3) is 0.250. The van der Waals surface area contributed by atoms with Crippen LogP contribution < -0.4 is 5.32 Å². The van der Waals surface area contributed by atoms with Crippen molar-refractivity contribution in [2.24, 2.45) is 0 Å². The van der Waals surface area contributed by atoms with Gasteiger partial charge in [-0.25, -0.2) is 4.79 Å². The number of hydrogen-bond acceptors (Lipinski definition) is 4. The van der Waals surface area contributed by atoms with Crippen molar-refractivity contribution in [1.29, 1.82) is 0 Å². The maximum atomic E-state index is 12.1. The smallest absolute Gasteiger partial charge is 0.339 e. The number of rotatable bonds is 8. The van der Waals surface area contributed by atoms with Gasteiger partial charge in [-0.1, -0.05) is 24.3 Å². The van der Waals surface area contributed by atoms with Gasteiger partial charge >= 0.3 is 5.97 Å². The van der Waals surface area contributed by atoms with Crippen molar-refractivity contribution in [1.82, 2.24) is 4.90 Å². The molecule has 0 radical (unpaired) electrons. The van der Waals surface area contributed by atoms with Gasteiger partial charge in [0.1, 0.15) is 0 Å². The Labute approximate surface area is 124 Å². The molecule has 0 aliphatic heterocycles. The highest BCUT2D eigenvalue weighted by atomic mass is 16.5. The van der Waals surface area contributed by atoms with Crippen LogP contribution in [-0.2, 0) is 9.53 Å². The number of nitrogens with zero attached hydrogens (tertiary/aromatic N) is 1. The number of para-hydroxylation sites is 1. The predicted molar refractivity (Wildman–Crippen MR) is 83.2 cm³/mol. The number of carbonyl (C=O) groups excluding carboxylic acids is 2. The summed E-state index contributed by atoms with van der Waals surface area (Å²) in [5.41, 5.74) is 0.960. The summed E-state index contributed by atoms with van der Waals surface area (Å²) in [5, 5.41) is 2.96. The Hall–Kier alpha value is -2.56. The number of benzene rings is 1. The number of anilines is 1. The highest BCUT2D eigenvalue weighted by Gasteiger charge is 2.14. The van der Waals surface area contributed by atoms with Crippen LogP contribution in [0.5, 0.6) is 0 Å². The molecule has 21 heavy (non-hydrogen) atoms. The molecular formula is C16H20N2O3. The number of amides is 1. The second-order valence-corrected chi connectivity index (χ2v) is 4.27. The van der Waals surface area contributed by atoms with Gasteiger partial charge < -0.3 is 15.0 Å². The third-order valence-corrected chi connectivity index (χ3v) is 2.81. The Morgan fingerprint density at radius 1 is 1.24 bits per heavy atom. The van der Waals surface area contributed by atoms with E-state index in [1.807, 2.05) is 0 Å². The molecule has 1 aromatic rings. The monoisotopic (exact) mass is 288 g/mol. The first-order valence-electron chi connectivity index (χ1n) is 6.54. The molecule has 112 valence electrons. The van der Waals surface area contributed by atoms with Gasteiger partial charge in [0.15, 0.2) is 0 Å². The molecule has 0 spiro atoms. The molecule has 5 nitrogen and oxygen atoms in total. The summed E-state index contributed by atoms with van der Waals surface area (Å²) in [6.07, 6.45) is 3.31.